The third kappa shape index (κ3) is 3.67. The van der Waals surface area contributed by atoms with E-state index in [4.69, 9.17) is 20.4 Å². The second-order valence-corrected chi connectivity index (χ2v) is 11.0. The van der Waals surface area contributed by atoms with Crippen LogP contribution in [0, 0.1) is 5.41 Å². The first-order valence-electron chi connectivity index (χ1n) is 9.56. The molecular formula is C20H20ClN3O5S. The number of halogens is 1. The quantitative estimate of drug-likeness (QED) is 0.638. The number of aromatic nitrogens is 1. The molecule has 0 atom stereocenters. The highest BCUT2D eigenvalue weighted by Crippen LogP contribution is 2.49. The van der Waals surface area contributed by atoms with Gasteiger partial charge in [0.1, 0.15) is 17.0 Å². The van der Waals surface area contributed by atoms with Gasteiger partial charge in [-0.3, -0.25) is 4.79 Å². The molecule has 1 aliphatic carbocycles. The summed E-state index contributed by atoms with van der Waals surface area (Å²) in [5.74, 6) is -0.136. The molecule has 1 saturated heterocycles. The number of fused-ring (bicyclic) bond motifs is 1. The molecule has 2 aliphatic rings. The van der Waals surface area contributed by atoms with Crippen LogP contribution in [0.1, 0.15) is 29.2 Å². The van der Waals surface area contributed by atoms with Gasteiger partial charge in [0.25, 0.3) is 11.9 Å². The van der Waals surface area contributed by atoms with Crippen LogP contribution < -0.4 is 10.2 Å². The molecule has 1 saturated carbocycles. The molecular weight excluding hydrogens is 430 g/mol. The van der Waals surface area contributed by atoms with Crippen molar-refractivity contribution in [2.24, 2.45) is 5.41 Å². The van der Waals surface area contributed by atoms with Crippen molar-refractivity contribution in [2.45, 2.75) is 24.6 Å². The molecule has 1 amide bonds. The highest BCUT2D eigenvalue weighted by Gasteiger charge is 2.54. The molecule has 3 heterocycles. The zero-order valence-electron chi connectivity index (χ0n) is 16.2. The fraction of sp³-hybridized carbons (Fsp3) is 0.400. The summed E-state index contributed by atoms with van der Waals surface area (Å²) in [4.78, 5) is 19.0. The van der Waals surface area contributed by atoms with Crippen molar-refractivity contribution < 1.29 is 22.0 Å². The summed E-state index contributed by atoms with van der Waals surface area (Å²) in [7, 11) is -3.21. The van der Waals surface area contributed by atoms with E-state index in [1.165, 1.54) is 12.1 Å². The zero-order valence-corrected chi connectivity index (χ0v) is 17.8. The van der Waals surface area contributed by atoms with Crippen molar-refractivity contribution in [1.82, 2.24) is 10.3 Å². The van der Waals surface area contributed by atoms with Crippen molar-refractivity contribution in [1.29, 1.82) is 0 Å². The Morgan fingerprint density at radius 3 is 2.77 bits per heavy atom. The third-order valence-corrected chi connectivity index (χ3v) is 6.69. The number of nitrogens with zero attached hydrogens (tertiary/aromatic N) is 2. The number of benzene rings is 1. The van der Waals surface area contributed by atoms with E-state index in [1.54, 1.807) is 12.1 Å². The Labute approximate surface area is 178 Å². The molecule has 1 N–H and O–H groups in total. The number of hydrogen-bond donors (Lipinski definition) is 1. The number of hydrogen-bond acceptors (Lipinski definition) is 7. The van der Waals surface area contributed by atoms with Gasteiger partial charge in [0, 0.05) is 35.8 Å². The SMILES string of the molecule is CS(=O)(=O)Cc1ccc(C(=O)NC2CC3(C2)CN(c2nc4cc(Cl)ccc4o2)C3)o1. The Hall–Kier alpha value is -2.52. The Balaban J connectivity index is 1.14. The topological polar surface area (TPSA) is 106 Å². The maximum Gasteiger partial charge on any atom is 0.298 e. The number of rotatable bonds is 5. The lowest BCUT2D eigenvalue weighted by molar-refractivity contribution is 0.0404. The summed E-state index contributed by atoms with van der Waals surface area (Å²) >= 11 is 6.00. The zero-order chi connectivity index (χ0) is 21.1. The van der Waals surface area contributed by atoms with Crippen LogP contribution in [0.4, 0.5) is 6.01 Å². The van der Waals surface area contributed by atoms with Crippen LogP contribution in [0.5, 0.6) is 0 Å². The van der Waals surface area contributed by atoms with E-state index < -0.39 is 9.84 Å². The maximum atomic E-state index is 12.4. The van der Waals surface area contributed by atoms with Gasteiger partial charge in [0.2, 0.25) is 0 Å². The molecule has 1 aromatic carbocycles. The van der Waals surface area contributed by atoms with Crippen molar-refractivity contribution in [3.8, 4) is 0 Å². The molecule has 8 nitrogen and oxygen atoms in total. The smallest absolute Gasteiger partial charge is 0.298 e. The first kappa shape index (κ1) is 19.4. The van der Waals surface area contributed by atoms with E-state index >= 15 is 0 Å². The molecule has 2 aromatic heterocycles. The number of furan rings is 1. The van der Waals surface area contributed by atoms with Gasteiger partial charge in [-0.1, -0.05) is 11.6 Å². The Kier molecular flexibility index (Phi) is 4.37. The molecule has 0 bridgehead atoms. The Morgan fingerprint density at radius 2 is 2.03 bits per heavy atom. The summed E-state index contributed by atoms with van der Waals surface area (Å²) in [6.07, 6.45) is 2.87. The van der Waals surface area contributed by atoms with Crippen molar-refractivity contribution in [2.75, 3.05) is 24.2 Å². The molecule has 30 heavy (non-hydrogen) atoms. The van der Waals surface area contributed by atoms with Crippen LogP contribution >= 0.6 is 11.6 Å². The van der Waals surface area contributed by atoms with E-state index in [0.717, 1.165) is 37.7 Å². The lowest BCUT2D eigenvalue weighted by Gasteiger charge is -2.58. The normalized spacial score (nSPS) is 18.4. The van der Waals surface area contributed by atoms with Gasteiger partial charge < -0.3 is 19.1 Å². The van der Waals surface area contributed by atoms with Gasteiger partial charge in [-0.25, -0.2) is 8.42 Å². The molecule has 0 unspecified atom stereocenters. The number of carbonyl (C=O) groups is 1. The van der Waals surface area contributed by atoms with Gasteiger partial charge in [0.05, 0.1) is 0 Å². The number of amides is 1. The lowest BCUT2D eigenvalue weighted by Crippen LogP contribution is -2.66. The van der Waals surface area contributed by atoms with Crippen molar-refractivity contribution in [3.05, 3.63) is 46.9 Å². The van der Waals surface area contributed by atoms with E-state index in [-0.39, 0.29) is 34.6 Å². The summed E-state index contributed by atoms with van der Waals surface area (Å²) in [5, 5.41) is 3.59. The molecule has 0 radical (unpaired) electrons. The second-order valence-electron chi connectivity index (χ2n) is 8.38. The van der Waals surface area contributed by atoms with Gasteiger partial charge >= 0.3 is 0 Å². The van der Waals surface area contributed by atoms with Gasteiger partial charge in [0.15, 0.2) is 21.2 Å². The fourth-order valence-corrected chi connectivity index (χ4v) is 5.20. The molecule has 10 heteroatoms. The number of anilines is 1. The summed E-state index contributed by atoms with van der Waals surface area (Å²) < 4.78 is 33.8. The van der Waals surface area contributed by atoms with Gasteiger partial charge in [-0.2, -0.15) is 4.98 Å². The molecule has 3 aromatic rings. The van der Waals surface area contributed by atoms with Crippen LogP contribution in [-0.4, -0.2) is 44.7 Å². The van der Waals surface area contributed by atoms with Crippen LogP contribution in [0.3, 0.4) is 0 Å². The molecule has 5 rings (SSSR count). The standard InChI is InChI=1S/C20H20ClN3O5S/c1-30(26,27)9-14-3-5-17(28-14)18(25)22-13-7-20(8-13)10-24(11-20)19-23-15-6-12(21)2-4-16(15)29-19/h2-6,13H,7-11H2,1H3,(H,22,25). The van der Waals surface area contributed by atoms with Crippen molar-refractivity contribution >= 4 is 44.5 Å². The average molecular weight is 450 g/mol. The van der Waals surface area contributed by atoms with Crippen LogP contribution in [0.25, 0.3) is 11.1 Å². The first-order valence-corrected chi connectivity index (χ1v) is 12.0. The molecule has 158 valence electrons. The van der Waals surface area contributed by atoms with Crippen LogP contribution in [0.2, 0.25) is 5.02 Å². The summed E-state index contributed by atoms with van der Waals surface area (Å²) in [6.45, 7) is 1.67. The monoisotopic (exact) mass is 449 g/mol. The molecule has 2 fully saturated rings. The Morgan fingerprint density at radius 1 is 1.27 bits per heavy atom. The maximum absolute atomic E-state index is 12.4. The minimum atomic E-state index is -3.21. The predicted octanol–water partition coefficient (Wildman–Crippen LogP) is 3.02. The van der Waals surface area contributed by atoms with Crippen molar-refractivity contribution in [3.63, 3.8) is 0 Å². The second kappa shape index (κ2) is 6.75. The minimum Gasteiger partial charge on any atom is -0.455 e. The van der Waals surface area contributed by atoms with E-state index in [9.17, 15) is 13.2 Å². The van der Waals surface area contributed by atoms with Crippen LogP contribution in [-0.2, 0) is 15.6 Å². The number of sulfone groups is 1. The van der Waals surface area contributed by atoms with E-state index in [0.29, 0.717) is 16.6 Å². The highest BCUT2D eigenvalue weighted by molar-refractivity contribution is 7.89. The van der Waals surface area contributed by atoms with E-state index in [2.05, 4.69) is 15.2 Å². The summed E-state index contributed by atoms with van der Waals surface area (Å²) in [6, 6.07) is 9.08. The number of carbonyl (C=O) groups excluding carboxylic acids is 1. The molecule has 1 aliphatic heterocycles. The third-order valence-electron chi connectivity index (χ3n) is 5.65. The van der Waals surface area contributed by atoms with Crippen LogP contribution in [0.15, 0.2) is 39.2 Å². The summed E-state index contributed by atoms with van der Waals surface area (Å²) in [5.41, 5.74) is 1.62. The first-order chi connectivity index (χ1) is 14.2. The number of nitrogens with one attached hydrogen (secondary N) is 1. The predicted molar refractivity (Wildman–Crippen MR) is 111 cm³/mol. The largest absolute Gasteiger partial charge is 0.455 e. The lowest BCUT2D eigenvalue weighted by atomic mass is 9.61. The average Bonchev–Trinajstić information content (AvgIpc) is 3.20. The highest BCUT2D eigenvalue weighted by atomic mass is 35.5. The fourth-order valence-electron chi connectivity index (χ4n) is 4.36. The van der Waals surface area contributed by atoms with E-state index in [1.807, 2.05) is 6.07 Å². The Bertz CT molecular complexity index is 1230. The minimum absolute atomic E-state index is 0.0746. The number of oxazole rings is 1. The molecule has 1 spiro atoms. The van der Waals surface area contributed by atoms with Gasteiger partial charge in [-0.05, 0) is 43.2 Å². The van der Waals surface area contributed by atoms with Gasteiger partial charge in [-0.15, -0.1) is 0 Å².